The van der Waals surface area contributed by atoms with Crippen LogP contribution in [0.15, 0.2) is 24.3 Å². The average molecular weight is 311 g/mol. The zero-order chi connectivity index (χ0) is 15.5. The Balaban J connectivity index is 1.95. The number of nitrogens with one attached hydrogen (secondary N) is 1. The second-order valence-corrected chi connectivity index (χ2v) is 7.34. The molecule has 0 spiro atoms. The topological polar surface area (TPSA) is 92.5 Å². The number of hydrogen-bond donors (Lipinski definition) is 2. The molecule has 1 amide bonds. The molecule has 0 atom stereocenters. The molecular formula is C14H21N3O3S. The van der Waals surface area contributed by atoms with Crippen LogP contribution in [0.2, 0.25) is 0 Å². The highest BCUT2D eigenvalue weighted by Crippen LogP contribution is 2.18. The Morgan fingerprint density at radius 3 is 2.38 bits per heavy atom. The molecule has 1 aromatic rings. The Morgan fingerprint density at radius 2 is 1.86 bits per heavy atom. The molecule has 1 saturated heterocycles. The van der Waals surface area contributed by atoms with E-state index in [1.165, 1.54) is 11.2 Å². The van der Waals surface area contributed by atoms with Gasteiger partial charge >= 0.3 is 0 Å². The molecule has 0 saturated carbocycles. The van der Waals surface area contributed by atoms with Gasteiger partial charge in [0.15, 0.2) is 0 Å². The van der Waals surface area contributed by atoms with Crippen molar-refractivity contribution in [2.45, 2.75) is 31.6 Å². The maximum atomic E-state index is 12.4. The first-order valence-electron chi connectivity index (χ1n) is 6.96. The van der Waals surface area contributed by atoms with Crippen LogP contribution in [0.25, 0.3) is 0 Å². The van der Waals surface area contributed by atoms with E-state index >= 15 is 0 Å². The molecule has 7 heteroatoms. The summed E-state index contributed by atoms with van der Waals surface area (Å²) in [7, 11) is -3.32. The van der Waals surface area contributed by atoms with Gasteiger partial charge in [-0.15, -0.1) is 0 Å². The number of nitrogens with zero attached hydrogens (tertiary/aromatic N) is 1. The number of anilines is 1. The van der Waals surface area contributed by atoms with Crippen molar-refractivity contribution in [2.24, 2.45) is 0 Å². The number of piperidine rings is 1. The van der Waals surface area contributed by atoms with Gasteiger partial charge in [0.05, 0.1) is 5.75 Å². The second-order valence-electron chi connectivity index (χ2n) is 5.37. The molecule has 0 radical (unpaired) electrons. The molecule has 116 valence electrons. The molecule has 0 aromatic heterocycles. The van der Waals surface area contributed by atoms with Gasteiger partial charge in [-0.3, -0.25) is 4.79 Å². The molecule has 1 aromatic carbocycles. The van der Waals surface area contributed by atoms with E-state index in [4.69, 9.17) is 5.73 Å². The van der Waals surface area contributed by atoms with Gasteiger partial charge in [0.25, 0.3) is 0 Å². The fraction of sp³-hybridized carbons (Fsp3) is 0.500. The number of carbonyl (C=O) groups excluding carboxylic acids is 1. The quantitative estimate of drug-likeness (QED) is 0.801. The predicted molar refractivity (Wildman–Crippen MR) is 81.9 cm³/mol. The van der Waals surface area contributed by atoms with Crippen LogP contribution in [0.5, 0.6) is 0 Å². The molecule has 1 fully saturated rings. The molecule has 0 aliphatic carbocycles. The maximum absolute atomic E-state index is 12.4. The molecule has 1 aliphatic rings. The van der Waals surface area contributed by atoms with Crippen molar-refractivity contribution in [1.29, 1.82) is 0 Å². The van der Waals surface area contributed by atoms with Gasteiger partial charge in [0.1, 0.15) is 0 Å². The first kappa shape index (κ1) is 15.8. The molecule has 1 heterocycles. The van der Waals surface area contributed by atoms with Gasteiger partial charge in [-0.05, 0) is 30.5 Å². The van der Waals surface area contributed by atoms with Crippen LogP contribution in [0.4, 0.5) is 5.69 Å². The smallest absolute Gasteiger partial charge is 0.218 e. The van der Waals surface area contributed by atoms with E-state index in [0.717, 1.165) is 5.56 Å². The molecule has 2 rings (SSSR count). The normalized spacial score (nSPS) is 17.6. The van der Waals surface area contributed by atoms with Crippen molar-refractivity contribution < 1.29 is 13.2 Å². The summed E-state index contributed by atoms with van der Waals surface area (Å²) in [6.45, 7) is 2.37. The number of rotatable bonds is 4. The van der Waals surface area contributed by atoms with Crippen LogP contribution in [0.1, 0.15) is 25.3 Å². The zero-order valence-corrected chi connectivity index (χ0v) is 12.9. The standard InChI is InChI=1S/C14H21N3O3S/c1-11(18)16-14-6-8-17(9-7-14)21(19,20)10-12-2-4-13(15)5-3-12/h2-5,14H,6-10,15H2,1H3,(H,16,18). The van der Waals surface area contributed by atoms with Crippen LogP contribution < -0.4 is 11.1 Å². The lowest BCUT2D eigenvalue weighted by Gasteiger charge is -2.31. The van der Waals surface area contributed by atoms with Crippen LogP contribution in [-0.2, 0) is 20.6 Å². The first-order valence-corrected chi connectivity index (χ1v) is 8.57. The number of hydrogen-bond acceptors (Lipinski definition) is 4. The maximum Gasteiger partial charge on any atom is 0.218 e. The van der Waals surface area contributed by atoms with E-state index in [-0.39, 0.29) is 17.7 Å². The Kier molecular flexibility index (Phi) is 4.84. The van der Waals surface area contributed by atoms with Crippen LogP contribution in [0, 0.1) is 0 Å². The third kappa shape index (κ3) is 4.44. The van der Waals surface area contributed by atoms with Gasteiger partial charge in [0, 0.05) is 31.7 Å². The summed E-state index contributed by atoms with van der Waals surface area (Å²) >= 11 is 0. The van der Waals surface area contributed by atoms with Gasteiger partial charge in [-0.1, -0.05) is 12.1 Å². The molecule has 1 aliphatic heterocycles. The van der Waals surface area contributed by atoms with Crippen LogP contribution >= 0.6 is 0 Å². The minimum atomic E-state index is -3.32. The Labute approximate surface area is 125 Å². The third-order valence-electron chi connectivity index (χ3n) is 3.58. The molecule has 6 nitrogen and oxygen atoms in total. The van der Waals surface area contributed by atoms with Crippen molar-refractivity contribution in [3.05, 3.63) is 29.8 Å². The van der Waals surface area contributed by atoms with Gasteiger partial charge in [-0.2, -0.15) is 0 Å². The van der Waals surface area contributed by atoms with Gasteiger partial charge in [0.2, 0.25) is 15.9 Å². The van der Waals surface area contributed by atoms with E-state index in [1.54, 1.807) is 24.3 Å². The molecular weight excluding hydrogens is 290 g/mol. The van der Waals surface area contributed by atoms with Gasteiger partial charge < -0.3 is 11.1 Å². The minimum Gasteiger partial charge on any atom is -0.399 e. The highest BCUT2D eigenvalue weighted by molar-refractivity contribution is 7.88. The number of amides is 1. The SMILES string of the molecule is CC(=O)NC1CCN(S(=O)(=O)Cc2ccc(N)cc2)CC1. The molecule has 0 bridgehead atoms. The lowest BCUT2D eigenvalue weighted by molar-refractivity contribution is -0.119. The summed E-state index contributed by atoms with van der Waals surface area (Å²) in [6, 6.07) is 6.95. The number of sulfonamides is 1. The Morgan fingerprint density at radius 1 is 1.29 bits per heavy atom. The molecule has 0 unspecified atom stereocenters. The van der Waals surface area contributed by atoms with Crippen molar-refractivity contribution in [3.63, 3.8) is 0 Å². The predicted octanol–water partition coefficient (Wildman–Crippen LogP) is 0.699. The van der Waals surface area contributed by atoms with Crippen molar-refractivity contribution in [3.8, 4) is 0 Å². The number of benzene rings is 1. The van der Waals surface area contributed by atoms with E-state index in [0.29, 0.717) is 31.6 Å². The second kappa shape index (κ2) is 6.44. The highest BCUT2D eigenvalue weighted by Gasteiger charge is 2.28. The number of nitrogens with two attached hydrogens (primary N) is 1. The lowest BCUT2D eigenvalue weighted by atomic mass is 10.1. The van der Waals surface area contributed by atoms with Crippen molar-refractivity contribution in [1.82, 2.24) is 9.62 Å². The highest BCUT2D eigenvalue weighted by atomic mass is 32.2. The minimum absolute atomic E-state index is 0.0158. The Hall–Kier alpha value is -1.60. The average Bonchev–Trinajstić information content (AvgIpc) is 2.41. The van der Waals surface area contributed by atoms with Crippen molar-refractivity contribution in [2.75, 3.05) is 18.8 Å². The number of carbonyl (C=O) groups is 1. The fourth-order valence-corrected chi connectivity index (χ4v) is 4.04. The summed E-state index contributed by atoms with van der Waals surface area (Å²) < 4.78 is 26.3. The van der Waals surface area contributed by atoms with E-state index < -0.39 is 10.0 Å². The third-order valence-corrected chi connectivity index (χ3v) is 5.43. The summed E-state index contributed by atoms with van der Waals surface area (Å²) in [5, 5.41) is 2.84. The first-order chi connectivity index (χ1) is 9.87. The summed E-state index contributed by atoms with van der Waals surface area (Å²) in [4.78, 5) is 11.0. The van der Waals surface area contributed by atoms with Crippen LogP contribution in [-0.4, -0.2) is 37.8 Å². The summed E-state index contributed by atoms with van der Waals surface area (Å²) in [5.41, 5.74) is 6.94. The van der Waals surface area contributed by atoms with E-state index in [2.05, 4.69) is 5.32 Å². The molecule has 21 heavy (non-hydrogen) atoms. The summed E-state index contributed by atoms with van der Waals surface area (Å²) in [5.74, 6) is -0.0869. The number of nitrogen functional groups attached to an aromatic ring is 1. The zero-order valence-electron chi connectivity index (χ0n) is 12.1. The van der Waals surface area contributed by atoms with Crippen molar-refractivity contribution >= 4 is 21.6 Å². The van der Waals surface area contributed by atoms with E-state index in [9.17, 15) is 13.2 Å². The largest absolute Gasteiger partial charge is 0.399 e. The van der Waals surface area contributed by atoms with Gasteiger partial charge in [-0.25, -0.2) is 12.7 Å². The monoisotopic (exact) mass is 311 g/mol. The lowest BCUT2D eigenvalue weighted by Crippen LogP contribution is -2.46. The summed E-state index contributed by atoms with van der Waals surface area (Å²) in [6.07, 6.45) is 1.31. The molecule has 3 N–H and O–H groups in total. The van der Waals surface area contributed by atoms with Crippen LogP contribution in [0.3, 0.4) is 0 Å². The fourth-order valence-electron chi connectivity index (χ4n) is 2.48. The van der Waals surface area contributed by atoms with E-state index in [1.807, 2.05) is 0 Å². The Bertz CT molecular complexity index is 590.